The molecule has 29 heavy (non-hydrogen) atoms. The Hall–Kier alpha value is -2.44. The minimum atomic E-state index is -0.287. The highest BCUT2D eigenvalue weighted by Crippen LogP contribution is 2.32. The van der Waals surface area contributed by atoms with Gasteiger partial charge < -0.3 is 14.7 Å². The predicted molar refractivity (Wildman–Crippen MR) is 111 cm³/mol. The number of nitrogens with zero attached hydrogens (tertiary/aromatic N) is 3. The average molecular weight is 403 g/mol. The molecule has 1 aliphatic rings. The van der Waals surface area contributed by atoms with Gasteiger partial charge in [-0.1, -0.05) is 25.9 Å². The first-order valence-electron chi connectivity index (χ1n) is 10.7. The van der Waals surface area contributed by atoms with Gasteiger partial charge in [0.2, 0.25) is 11.8 Å². The molecular weight excluding hydrogens is 371 g/mol. The van der Waals surface area contributed by atoms with Gasteiger partial charge >= 0.3 is 0 Å². The number of carbonyl (C=O) groups excluding carboxylic acids is 1. The summed E-state index contributed by atoms with van der Waals surface area (Å²) in [4.78, 5) is 18.6. The Morgan fingerprint density at radius 3 is 2.93 bits per heavy atom. The molecule has 1 aromatic heterocycles. The Kier molecular flexibility index (Phi) is 7.23. The topological polar surface area (TPSA) is 71.3 Å². The Morgan fingerprint density at radius 2 is 2.21 bits per heavy atom. The first kappa shape index (κ1) is 21.3. The number of amides is 1. The van der Waals surface area contributed by atoms with E-state index in [1.54, 1.807) is 12.1 Å². The third-order valence-corrected chi connectivity index (χ3v) is 5.39. The summed E-state index contributed by atoms with van der Waals surface area (Å²) in [7, 11) is 0. The largest absolute Gasteiger partial charge is 0.366 e. The molecule has 3 rings (SSSR count). The molecule has 1 aliphatic heterocycles. The molecule has 1 N–H and O–H groups in total. The monoisotopic (exact) mass is 402 g/mol. The summed E-state index contributed by atoms with van der Waals surface area (Å²) in [5.41, 5.74) is 1.11. The zero-order chi connectivity index (χ0) is 20.8. The van der Waals surface area contributed by atoms with Gasteiger partial charge in [0.05, 0.1) is 5.69 Å². The van der Waals surface area contributed by atoms with Crippen molar-refractivity contribution in [2.45, 2.75) is 71.8 Å². The highest BCUT2D eigenvalue weighted by molar-refractivity contribution is 5.90. The van der Waals surface area contributed by atoms with Gasteiger partial charge in [0, 0.05) is 37.5 Å². The van der Waals surface area contributed by atoms with Gasteiger partial charge in [-0.15, -0.1) is 0 Å². The van der Waals surface area contributed by atoms with Crippen LogP contribution in [0.4, 0.5) is 15.8 Å². The lowest BCUT2D eigenvalue weighted by Gasteiger charge is -2.30. The first-order valence-corrected chi connectivity index (χ1v) is 10.7. The second-order valence-corrected chi connectivity index (χ2v) is 8.07. The lowest BCUT2D eigenvalue weighted by molar-refractivity contribution is -0.116. The number of carbonyl (C=O) groups is 1. The van der Waals surface area contributed by atoms with E-state index in [-0.39, 0.29) is 11.7 Å². The van der Waals surface area contributed by atoms with E-state index >= 15 is 0 Å². The van der Waals surface area contributed by atoms with Crippen LogP contribution in [-0.4, -0.2) is 28.6 Å². The van der Waals surface area contributed by atoms with Crippen molar-refractivity contribution in [1.29, 1.82) is 0 Å². The van der Waals surface area contributed by atoms with Crippen molar-refractivity contribution in [3.63, 3.8) is 0 Å². The highest BCUT2D eigenvalue weighted by Gasteiger charge is 2.28. The van der Waals surface area contributed by atoms with Crippen molar-refractivity contribution in [2.75, 3.05) is 16.8 Å². The Morgan fingerprint density at radius 1 is 1.38 bits per heavy atom. The molecule has 7 heteroatoms. The van der Waals surface area contributed by atoms with Crippen LogP contribution in [0.1, 0.15) is 64.6 Å². The van der Waals surface area contributed by atoms with Crippen molar-refractivity contribution in [3.8, 4) is 0 Å². The molecule has 0 bridgehead atoms. The van der Waals surface area contributed by atoms with Crippen LogP contribution >= 0.6 is 0 Å². The van der Waals surface area contributed by atoms with E-state index in [1.165, 1.54) is 6.07 Å². The second kappa shape index (κ2) is 9.85. The Balaban J connectivity index is 1.50. The van der Waals surface area contributed by atoms with Crippen LogP contribution in [0, 0.1) is 11.7 Å². The van der Waals surface area contributed by atoms with Crippen LogP contribution in [0.15, 0.2) is 22.7 Å². The molecule has 1 aromatic carbocycles. The predicted octanol–water partition coefficient (Wildman–Crippen LogP) is 4.75. The van der Waals surface area contributed by atoms with Crippen LogP contribution in [0.3, 0.4) is 0 Å². The summed E-state index contributed by atoms with van der Waals surface area (Å²) in [6.07, 6.45) is 5.41. The molecule has 1 saturated heterocycles. The molecule has 1 atom stereocenters. The maximum absolute atomic E-state index is 14.7. The number of rotatable bonds is 9. The van der Waals surface area contributed by atoms with Gasteiger partial charge in [-0.2, -0.15) is 4.98 Å². The van der Waals surface area contributed by atoms with Crippen LogP contribution in [-0.2, 0) is 17.6 Å². The lowest BCUT2D eigenvalue weighted by atomic mass is 10.0. The standard InChI is InChI=1S/C22H31FN4O2/c1-4-7-20-25-22(29-26-20)10-5-9-21(28)24-16-11-12-19(17(23)14-16)27-13-6-8-18(27)15(2)3/h11-12,14-15,18H,4-10,13H2,1-3H3,(H,24,28). The van der Waals surface area contributed by atoms with E-state index in [1.807, 2.05) is 0 Å². The van der Waals surface area contributed by atoms with Gasteiger partial charge in [-0.05, 0) is 49.8 Å². The zero-order valence-electron chi connectivity index (χ0n) is 17.6. The van der Waals surface area contributed by atoms with E-state index in [0.717, 1.165) is 32.2 Å². The quantitative estimate of drug-likeness (QED) is 0.655. The number of hydrogen-bond acceptors (Lipinski definition) is 5. The minimum Gasteiger partial charge on any atom is -0.366 e. The van der Waals surface area contributed by atoms with E-state index in [9.17, 15) is 9.18 Å². The van der Waals surface area contributed by atoms with Gasteiger partial charge in [-0.3, -0.25) is 4.79 Å². The molecule has 1 fully saturated rings. The normalized spacial score (nSPS) is 16.6. The van der Waals surface area contributed by atoms with Crippen LogP contribution in [0.2, 0.25) is 0 Å². The summed E-state index contributed by atoms with van der Waals surface area (Å²) in [5.74, 6) is 1.31. The second-order valence-electron chi connectivity index (χ2n) is 8.07. The van der Waals surface area contributed by atoms with Gasteiger partial charge in [0.25, 0.3) is 0 Å². The van der Waals surface area contributed by atoms with Crippen molar-refractivity contribution >= 4 is 17.3 Å². The molecule has 2 heterocycles. The van der Waals surface area contributed by atoms with Crippen molar-refractivity contribution in [3.05, 3.63) is 35.7 Å². The van der Waals surface area contributed by atoms with Crippen LogP contribution in [0.25, 0.3) is 0 Å². The number of aromatic nitrogens is 2. The fourth-order valence-electron chi connectivity index (χ4n) is 3.94. The average Bonchev–Trinajstić information content (AvgIpc) is 3.32. The number of anilines is 2. The van der Waals surface area contributed by atoms with E-state index in [4.69, 9.17) is 4.52 Å². The van der Waals surface area contributed by atoms with Crippen molar-refractivity contribution < 1.29 is 13.7 Å². The fraction of sp³-hybridized carbons (Fsp3) is 0.591. The molecule has 1 unspecified atom stereocenters. The van der Waals surface area contributed by atoms with Gasteiger partial charge in [-0.25, -0.2) is 4.39 Å². The molecule has 0 saturated carbocycles. The summed E-state index contributed by atoms with van der Waals surface area (Å²) in [6.45, 7) is 7.29. The molecule has 158 valence electrons. The number of aryl methyl sites for hydroxylation is 2. The molecule has 0 aliphatic carbocycles. The molecular formula is C22H31FN4O2. The number of nitrogens with one attached hydrogen (secondary N) is 1. The highest BCUT2D eigenvalue weighted by atomic mass is 19.1. The van der Waals surface area contributed by atoms with E-state index in [2.05, 4.69) is 41.1 Å². The van der Waals surface area contributed by atoms with Crippen LogP contribution < -0.4 is 10.2 Å². The van der Waals surface area contributed by atoms with Crippen LogP contribution in [0.5, 0.6) is 0 Å². The van der Waals surface area contributed by atoms with Gasteiger partial charge in [0.15, 0.2) is 5.82 Å². The fourth-order valence-corrected chi connectivity index (χ4v) is 3.94. The van der Waals surface area contributed by atoms with Gasteiger partial charge in [0.1, 0.15) is 5.82 Å². The number of halogens is 1. The smallest absolute Gasteiger partial charge is 0.226 e. The lowest BCUT2D eigenvalue weighted by Crippen LogP contribution is -2.33. The minimum absolute atomic E-state index is 0.147. The van der Waals surface area contributed by atoms with Crippen molar-refractivity contribution in [1.82, 2.24) is 10.1 Å². The summed E-state index contributed by atoms with van der Waals surface area (Å²) >= 11 is 0. The number of hydrogen-bond donors (Lipinski definition) is 1. The van der Waals surface area contributed by atoms with E-state index < -0.39 is 0 Å². The maximum Gasteiger partial charge on any atom is 0.226 e. The third kappa shape index (κ3) is 5.55. The molecule has 1 amide bonds. The van der Waals surface area contributed by atoms with Crippen molar-refractivity contribution in [2.24, 2.45) is 5.92 Å². The molecule has 2 aromatic rings. The zero-order valence-corrected chi connectivity index (χ0v) is 17.6. The summed E-state index contributed by atoms with van der Waals surface area (Å²) in [5, 5.41) is 6.69. The number of benzene rings is 1. The molecule has 0 spiro atoms. The summed E-state index contributed by atoms with van der Waals surface area (Å²) in [6, 6.07) is 5.34. The maximum atomic E-state index is 14.7. The summed E-state index contributed by atoms with van der Waals surface area (Å²) < 4.78 is 19.9. The SMILES string of the molecule is CCCc1noc(CCCC(=O)Nc2ccc(N3CCCC3C(C)C)c(F)c2)n1. The first-order chi connectivity index (χ1) is 14.0. The Labute approximate surface area is 171 Å². The molecule has 0 radical (unpaired) electrons. The Bertz CT molecular complexity index is 821. The third-order valence-electron chi connectivity index (χ3n) is 5.39. The molecule has 6 nitrogen and oxygen atoms in total. The van der Waals surface area contributed by atoms with E-state index in [0.29, 0.717) is 54.3 Å².